The van der Waals surface area contributed by atoms with Crippen LogP contribution in [-0.4, -0.2) is 15.5 Å². The topological polar surface area (TPSA) is 46.9 Å². The Morgan fingerprint density at radius 1 is 1.00 bits per heavy atom. The average Bonchev–Trinajstić information content (AvgIpc) is 3.10. The molecular weight excluding hydrogens is 382 g/mol. The van der Waals surface area contributed by atoms with Crippen LogP contribution in [0.25, 0.3) is 11.0 Å². The second kappa shape index (κ2) is 8.76. The summed E-state index contributed by atoms with van der Waals surface area (Å²) in [6.07, 6.45) is 0. The van der Waals surface area contributed by atoms with Crippen molar-refractivity contribution in [3.05, 3.63) is 100 Å². The van der Waals surface area contributed by atoms with Crippen LogP contribution in [0.5, 0.6) is 0 Å². The van der Waals surface area contributed by atoms with Crippen molar-refractivity contribution < 1.29 is 4.79 Å². The molecule has 1 aromatic heterocycles. The van der Waals surface area contributed by atoms with Crippen LogP contribution in [-0.2, 0) is 13.1 Å². The summed E-state index contributed by atoms with van der Waals surface area (Å²) in [7, 11) is 0. The first-order valence-electron chi connectivity index (χ1n) is 10.8. The molecule has 0 fully saturated rings. The standard InChI is InChI=1S/C27H29N3O/c1-18(2)22-12-10-21(11-13-22)17-30-25-8-6-5-7-24(25)29-26(30)16-28-27(31)23-14-9-19(3)15-20(23)4/h5-15,18H,16-17H2,1-4H3,(H,28,31). The maximum Gasteiger partial charge on any atom is 0.251 e. The first kappa shape index (κ1) is 20.9. The summed E-state index contributed by atoms with van der Waals surface area (Å²) < 4.78 is 2.20. The highest BCUT2D eigenvalue weighted by atomic mass is 16.1. The van der Waals surface area contributed by atoms with E-state index in [1.807, 2.05) is 50.2 Å². The van der Waals surface area contributed by atoms with Gasteiger partial charge in [-0.25, -0.2) is 4.98 Å². The van der Waals surface area contributed by atoms with E-state index in [4.69, 9.17) is 4.98 Å². The lowest BCUT2D eigenvalue weighted by molar-refractivity contribution is 0.0949. The number of nitrogens with one attached hydrogen (secondary N) is 1. The van der Waals surface area contributed by atoms with Crippen molar-refractivity contribution in [3.63, 3.8) is 0 Å². The van der Waals surface area contributed by atoms with E-state index >= 15 is 0 Å². The Morgan fingerprint density at radius 2 is 1.74 bits per heavy atom. The second-order valence-electron chi connectivity index (χ2n) is 8.50. The first-order valence-corrected chi connectivity index (χ1v) is 10.8. The molecule has 0 radical (unpaired) electrons. The zero-order valence-corrected chi connectivity index (χ0v) is 18.6. The number of amides is 1. The van der Waals surface area contributed by atoms with E-state index < -0.39 is 0 Å². The van der Waals surface area contributed by atoms with E-state index in [0.717, 1.165) is 28.0 Å². The maximum absolute atomic E-state index is 12.8. The molecule has 0 saturated heterocycles. The van der Waals surface area contributed by atoms with Crippen LogP contribution < -0.4 is 5.32 Å². The molecule has 1 heterocycles. The van der Waals surface area contributed by atoms with Gasteiger partial charge >= 0.3 is 0 Å². The summed E-state index contributed by atoms with van der Waals surface area (Å²) in [5.41, 5.74) is 7.41. The van der Waals surface area contributed by atoms with Gasteiger partial charge in [0.25, 0.3) is 5.91 Å². The zero-order valence-electron chi connectivity index (χ0n) is 18.6. The molecular formula is C27H29N3O. The van der Waals surface area contributed by atoms with Gasteiger partial charge in [0.15, 0.2) is 0 Å². The third kappa shape index (κ3) is 4.53. The highest BCUT2D eigenvalue weighted by Gasteiger charge is 2.14. The van der Waals surface area contributed by atoms with Crippen LogP contribution in [0, 0.1) is 13.8 Å². The molecule has 0 aliphatic rings. The van der Waals surface area contributed by atoms with Gasteiger partial charge in [0.05, 0.1) is 17.6 Å². The Labute approximate surface area is 183 Å². The summed E-state index contributed by atoms with van der Waals surface area (Å²) in [5, 5.41) is 3.06. The highest BCUT2D eigenvalue weighted by Crippen LogP contribution is 2.20. The number of carbonyl (C=O) groups excluding carboxylic acids is 1. The van der Waals surface area contributed by atoms with Crippen molar-refractivity contribution in [2.45, 2.75) is 46.7 Å². The monoisotopic (exact) mass is 411 g/mol. The van der Waals surface area contributed by atoms with Gasteiger partial charge in [-0.3, -0.25) is 4.79 Å². The molecule has 158 valence electrons. The lowest BCUT2D eigenvalue weighted by Gasteiger charge is -2.12. The number of hydrogen-bond acceptors (Lipinski definition) is 2. The molecule has 4 nitrogen and oxygen atoms in total. The maximum atomic E-state index is 12.8. The van der Waals surface area contributed by atoms with E-state index in [1.165, 1.54) is 11.1 Å². The SMILES string of the molecule is Cc1ccc(C(=O)NCc2nc3ccccc3n2Cc2ccc(C(C)C)cc2)c(C)c1. The van der Waals surface area contributed by atoms with Crippen molar-refractivity contribution in [2.24, 2.45) is 0 Å². The summed E-state index contributed by atoms with van der Waals surface area (Å²) >= 11 is 0. The molecule has 31 heavy (non-hydrogen) atoms. The molecule has 3 aromatic carbocycles. The molecule has 0 aliphatic carbocycles. The quantitative estimate of drug-likeness (QED) is 0.439. The van der Waals surface area contributed by atoms with Crippen LogP contribution in [0.3, 0.4) is 0 Å². The number of aromatic nitrogens is 2. The molecule has 4 heteroatoms. The van der Waals surface area contributed by atoms with Gasteiger partial charge in [-0.2, -0.15) is 0 Å². The van der Waals surface area contributed by atoms with Gasteiger partial charge in [0.1, 0.15) is 5.82 Å². The predicted octanol–water partition coefficient (Wildman–Crippen LogP) is 5.75. The summed E-state index contributed by atoms with van der Waals surface area (Å²) in [6, 6.07) is 22.8. The fraction of sp³-hybridized carbons (Fsp3) is 0.259. The van der Waals surface area contributed by atoms with Gasteiger partial charge in [0, 0.05) is 12.1 Å². The molecule has 1 N–H and O–H groups in total. The Hall–Kier alpha value is -3.40. The third-order valence-corrected chi connectivity index (χ3v) is 5.75. The fourth-order valence-electron chi connectivity index (χ4n) is 3.95. The first-order chi connectivity index (χ1) is 14.9. The number of fused-ring (bicyclic) bond motifs is 1. The number of imidazole rings is 1. The van der Waals surface area contributed by atoms with Crippen LogP contribution in [0.15, 0.2) is 66.7 Å². The molecule has 0 bridgehead atoms. The van der Waals surface area contributed by atoms with Crippen molar-refractivity contribution in [2.75, 3.05) is 0 Å². The minimum atomic E-state index is -0.0719. The molecule has 1 amide bonds. The minimum Gasteiger partial charge on any atom is -0.345 e. The lowest BCUT2D eigenvalue weighted by Crippen LogP contribution is -2.25. The number of aryl methyl sites for hydroxylation is 2. The van der Waals surface area contributed by atoms with Crippen LogP contribution in [0.1, 0.15) is 58.2 Å². The molecule has 0 atom stereocenters. The number of nitrogens with zero attached hydrogens (tertiary/aromatic N) is 2. The van der Waals surface area contributed by atoms with Crippen LogP contribution >= 0.6 is 0 Å². The van der Waals surface area contributed by atoms with E-state index in [-0.39, 0.29) is 5.91 Å². The smallest absolute Gasteiger partial charge is 0.251 e. The number of carbonyl (C=O) groups is 1. The van der Waals surface area contributed by atoms with Gasteiger partial charge in [-0.1, -0.05) is 67.9 Å². The second-order valence-corrected chi connectivity index (χ2v) is 8.50. The Kier molecular flexibility index (Phi) is 5.90. The van der Waals surface area contributed by atoms with E-state index in [0.29, 0.717) is 24.6 Å². The largest absolute Gasteiger partial charge is 0.345 e. The van der Waals surface area contributed by atoms with Crippen molar-refractivity contribution in [1.82, 2.24) is 14.9 Å². The van der Waals surface area contributed by atoms with E-state index in [2.05, 4.69) is 54.1 Å². The van der Waals surface area contributed by atoms with Crippen molar-refractivity contribution in [1.29, 1.82) is 0 Å². The molecule has 4 rings (SSSR count). The van der Waals surface area contributed by atoms with Crippen molar-refractivity contribution >= 4 is 16.9 Å². The van der Waals surface area contributed by atoms with Crippen LogP contribution in [0.4, 0.5) is 0 Å². The number of rotatable bonds is 6. The molecule has 4 aromatic rings. The van der Waals surface area contributed by atoms with Crippen molar-refractivity contribution in [3.8, 4) is 0 Å². The fourth-order valence-corrected chi connectivity index (χ4v) is 3.95. The molecule has 0 spiro atoms. The zero-order chi connectivity index (χ0) is 22.0. The van der Waals surface area contributed by atoms with Gasteiger partial charge < -0.3 is 9.88 Å². The number of hydrogen-bond donors (Lipinski definition) is 1. The highest BCUT2D eigenvalue weighted by molar-refractivity contribution is 5.95. The number of para-hydroxylation sites is 2. The van der Waals surface area contributed by atoms with E-state index in [9.17, 15) is 4.79 Å². The lowest BCUT2D eigenvalue weighted by atomic mass is 10.0. The van der Waals surface area contributed by atoms with Gasteiger partial charge in [-0.05, 0) is 54.7 Å². The van der Waals surface area contributed by atoms with Gasteiger partial charge in [0.2, 0.25) is 0 Å². The Bertz CT molecular complexity index is 1220. The van der Waals surface area contributed by atoms with Gasteiger partial charge in [-0.15, -0.1) is 0 Å². The summed E-state index contributed by atoms with van der Waals surface area (Å²) in [5.74, 6) is 1.30. The van der Waals surface area contributed by atoms with Crippen LogP contribution in [0.2, 0.25) is 0 Å². The predicted molar refractivity (Wildman–Crippen MR) is 126 cm³/mol. The van der Waals surface area contributed by atoms with E-state index in [1.54, 1.807) is 0 Å². The Balaban J connectivity index is 1.59. The minimum absolute atomic E-state index is 0.0719. The third-order valence-electron chi connectivity index (χ3n) is 5.75. The molecule has 0 saturated carbocycles. The molecule has 0 aliphatic heterocycles. The summed E-state index contributed by atoms with van der Waals surface area (Å²) in [4.78, 5) is 17.6. The normalized spacial score (nSPS) is 11.3. The molecule has 0 unspecified atom stereocenters. The average molecular weight is 412 g/mol. The Morgan fingerprint density at radius 3 is 2.45 bits per heavy atom. The summed E-state index contributed by atoms with van der Waals surface area (Å²) in [6.45, 7) is 9.51. The number of benzene rings is 3.